The number of hydrogen-bond donors (Lipinski definition) is 0. The first-order valence-electron chi connectivity index (χ1n) is 7.89. The molecule has 0 radical (unpaired) electrons. The molecule has 0 saturated carbocycles. The molecule has 1 unspecified atom stereocenters. The van der Waals surface area contributed by atoms with Crippen LogP contribution in [0.1, 0.15) is 23.5 Å². The molecule has 1 saturated heterocycles. The zero-order chi connectivity index (χ0) is 16.7. The average Bonchev–Trinajstić information content (AvgIpc) is 3.22. The van der Waals surface area contributed by atoms with Crippen molar-refractivity contribution in [2.45, 2.75) is 17.9 Å². The highest BCUT2D eigenvalue weighted by molar-refractivity contribution is 7.90. The quantitative estimate of drug-likeness (QED) is 0.817. The number of aromatic nitrogens is 1. The highest BCUT2D eigenvalue weighted by atomic mass is 32.2. The van der Waals surface area contributed by atoms with Crippen molar-refractivity contribution in [3.63, 3.8) is 0 Å². The Bertz CT molecular complexity index is 869. The molecule has 1 fully saturated rings. The van der Waals surface area contributed by atoms with Gasteiger partial charge in [-0.25, -0.2) is 4.98 Å². The Morgan fingerprint density at radius 1 is 1.17 bits per heavy atom. The third kappa shape index (κ3) is 2.64. The predicted molar refractivity (Wildman–Crippen MR) is 93.8 cm³/mol. The lowest BCUT2D eigenvalue weighted by molar-refractivity contribution is 0.141. The first-order chi connectivity index (χ1) is 11.6. The summed E-state index contributed by atoms with van der Waals surface area (Å²) in [5.74, 6) is 0.590. The maximum atomic E-state index is 12.2. The van der Waals surface area contributed by atoms with Crippen LogP contribution in [0.2, 0.25) is 0 Å². The number of nitrogens with zero attached hydrogens (tertiary/aromatic N) is 4. The van der Waals surface area contributed by atoms with Crippen LogP contribution >= 0.6 is 11.3 Å². The minimum atomic E-state index is -3.55. The third-order valence-corrected chi connectivity index (χ3v) is 6.85. The minimum absolute atomic E-state index is 0.286. The van der Waals surface area contributed by atoms with Gasteiger partial charge in [-0.3, -0.25) is 4.90 Å². The number of piperazine rings is 1. The smallest absolute Gasteiger partial charge is 0.285 e. The van der Waals surface area contributed by atoms with Crippen molar-refractivity contribution in [2.75, 3.05) is 26.2 Å². The van der Waals surface area contributed by atoms with Crippen molar-refractivity contribution in [3.05, 3.63) is 46.4 Å². The van der Waals surface area contributed by atoms with E-state index in [9.17, 15) is 8.42 Å². The summed E-state index contributed by atoms with van der Waals surface area (Å²) in [7, 11) is -3.55. The summed E-state index contributed by atoms with van der Waals surface area (Å²) in [4.78, 5) is 9.17. The first kappa shape index (κ1) is 15.7. The highest BCUT2D eigenvalue weighted by Crippen LogP contribution is 2.29. The molecule has 2 aromatic rings. The molecule has 3 heterocycles. The van der Waals surface area contributed by atoms with Gasteiger partial charge in [0, 0.05) is 43.3 Å². The molecule has 4 rings (SSSR count). The van der Waals surface area contributed by atoms with Crippen LogP contribution in [0.15, 0.2) is 45.1 Å². The summed E-state index contributed by atoms with van der Waals surface area (Å²) in [6.45, 7) is 5.42. The van der Waals surface area contributed by atoms with Gasteiger partial charge in [0.05, 0.1) is 6.04 Å². The molecule has 126 valence electrons. The summed E-state index contributed by atoms with van der Waals surface area (Å²) < 4.78 is 28.4. The van der Waals surface area contributed by atoms with Crippen molar-refractivity contribution in [1.82, 2.24) is 14.8 Å². The van der Waals surface area contributed by atoms with Crippen molar-refractivity contribution >= 4 is 27.2 Å². The van der Waals surface area contributed by atoms with Crippen LogP contribution in [0, 0.1) is 0 Å². The Hall–Kier alpha value is -1.77. The zero-order valence-electron chi connectivity index (χ0n) is 13.3. The van der Waals surface area contributed by atoms with Crippen molar-refractivity contribution in [1.29, 1.82) is 0 Å². The minimum Gasteiger partial charge on any atom is -0.353 e. The highest BCUT2D eigenvalue weighted by Gasteiger charge is 2.33. The van der Waals surface area contributed by atoms with E-state index < -0.39 is 10.0 Å². The van der Waals surface area contributed by atoms with Gasteiger partial charge in [0.2, 0.25) is 0 Å². The topological polar surface area (TPSA) is 65.9 Å². The summed E-state index contributed by atoms with van der Waals surface area (Å²) in [5, 5.41) is 3.12. The van der Waals surface area contributed by atoms with E-state index in [2.05, 4.69) is 26.1 Å². The molecule has 1 atom stereocenters. The van der Waals surface area contributed by atoms with Crippen LogP contribution in [0.25, 0.3) is 0 Å². The summed E-state index contributed by atoms with van der Waals surface area (Å²) in [6.07, 6.45) is 1.84. The molecule has 6 nitrogen and oxygen atoms in total. The number of thiazole rings is 1. The Labute approximate surface area is 145 Å². The summed E-state index contributed by atoms with van der Waals surface area (Å²) in [6, 6.07) is 7.35. The second-order valence-electron chi connectivity index (χ2n) is 5.96. The lowest BCUT2D eigenvalue weighted by atomic mass is 10.1. The van der Waals surface area contributed by atoms with Crippen LogP contribution < -0.4 is 0 Å². The van der Waals surface area contributed by atoms with Gasteiger partial charge in [-0.05, 0) is 19.1 Å². The number of hydrogen-bond acceptors (Lipinski definition) is 6. The molecule has 1 aromatic carbocycles. The summed E-state index contributed by atoms with van der Waals surface area (Å²) in [5.41, 5.74) is 0.721. The Morgan fingerprint density at radius 2 is 1.92 bits per heavy atom. The molecule has 1 aromatic heterocycles. The normalized spacial score (nSPS) is 21.4. The molecular weight excluding hydrogens is 344 g/mol. The van der Waals surface area contributed by atoms with Gasteiger partial charge in [-0.15, -0.1) is 15.7 Å². The van der Waals surface area contributed by atoms with Crippen LogP contribution in [-0.4, -0.2) is 55.2 Å². The standard InChI is InChI=1S/C16H18N4O2S2/c1-12(16-17-6-11-23-16)19-7-9-20(10-8-19)15-13-4-2-3-5-14(13)24(21,22)18-15/h2-6,11-12H,7-10H2,1H3. The van der Waals surface area contributed by atoms with Gasteiger partial charge in [-0.2, -0.15) is 8.42 Å². The van der Waals surface area contributed by atoms with E-state index in [1.54, 1.807) is 23.5 Å². The first-order valence-corrected chi connectivity index (χ1v) is 10.2. The molecule has 0 aliphatic carbocycles. The van der Waals surface area contributed by atoms with E-state index in [4.69, 9.17) is 0 Å². The number of amidine groups is 1. The Balaban J connectivity index is 1.51. The van der Waals surface area contributed by atoms with E-state index in [1.807, 2.05) is 23.7 Å². The molecule has 0 spiro atoms. The van der Waals surface area contributed by atoms with Crippen molar-refractivity contribution in [3.8, 4) is 0 Å². The fraction of sp³-hybridized carbons (Fsp3) is 0.375. The fourth-order valence-electron chi connectivity index (χ4n) is 3.23. The lowest BCUT2D eigenvalue weighted by Gasteiger charge is -2.38. The molecule has 0 bridgehead atoms. The van der Waals surface area contributed by atoms with Crippen LogP contribution in [-0.2, 0) is 10.0 Å². The molecule has 2 aliphatic rings. The molecular formula is C16H18N4O2S2. The number of fused-ring (bicyclic) bond motifs is 1. The molecule has 8 heteroatoms. The van der Waals surface area contributed by atoms with Gasteiger partial charge in [0.15, 0.2) is 5.84 Å². The number of rotatable bonds is 2. The second-order valence-corrected chi connectivity index (χ2v) is 8.45. The van der Waals surface area contributed by atoms with Gasteiger partial charge in [0.25, 0.3) is 10.0 Å². The molecule has 0 N–H and O–H groups in total. The molecule has 0 amide bonds. The Morgan fingerprint density at radius 3 is 2.62 bits per heavy atom. The number of sulfonamides is 1. The third-order valence-electron chi connectivity index (χ3n) is 4.58. The van der Waals surface area contributed by atoms with Gasteiger partial charge in [0.1, 0.15) is 9.90 Å². The fourth-order valence-corrected chi connectivity index (χ4v) is 5.19. The average molecular weight is 362 g/mol. The predicted octanol–water partition coefficient (Wildman–Crippen LogP) is 1.97. The summed E-state index contributed by atoms with van der Waals surface area (Å²) >= 11 is 1.67. The van der Waals surface area contributed by atoms with E-state index in [1.165, 1.54) is 0 Å². The zero-order valence-corrected chi connectivity index (χ0v) is 14.9. The van der Waals surface area contributed by atoms with E-state index in [0.29, 0.717) is 10.7 Å². The van der Waals surface area contributed by atoms with Crippen molar-refractivity contribution < 1.29 is 8.42 Å². The monoisotopic (exact) mass is 362 g/mol. The van der Waals surface area contributed by atoms with Gasteiger partial charge >= 0.3 is 0 Å². The largest absolute Gasteiger partial charge is 0.353 e. The van der Waals surface area contributed by atoms with Crippen molar-refractivity contribution in [2.24, 2.45) is 4.40 Å². The van der Waals surface area contributed by atoms with E-state index in [0.717, 1.165) is 36.8 Å². The van der Waals surface area contributed by atoms with E-state index >= 15 is 0 Å². The molecule has 24 heavy (non-hydrogen) atoms. The maximum absolute atomic E-state index is 12.2. The van der Waals surface area contributed by atoms with Crippen LogP contribution in [0.5, 0.6) is 0 Å². The number of benzene rings is 1. The molecule has 2 aliphatic heterocycles. The van der Waals surface area contributed by atoms with Crippen LogP contribution in [0.4, 0.5) is 0 Å². The maximum Gasteiger partial charge on any atom is 0.285 e. The lowest BCUT2D eigenvalue weighted by Crippen LogP contribution is -2.49. The van der Waals surface area contributed by atoms with Crippen LogP contribution in [0.3, 0.4) is 0 Å². The van der Waals surface area contributed by atoms with Gasteiger partial charge < -0.3 is 4.90 Å². The van der Waals surface area contributed by atoms with Gasteiger partial charge in [-0.1, -0.05) is 12.1 Å². The van der Waals surface area contributed by atoms with E-state index in [-0.39, 0.29) is 6.04 Å². The Kier molecular flexibility index (Phi) is 3.90. The second kappa shape index (κ2) is 5.94. The SMILES string of the molecule is CC(c1nccs1)N1CCN(C2=NS(=O)(=O)c3ccccc32)CC1.